The lowest BCUT2D eigenvalue weighted by molar-refractivity contribution is -0.435. The Hall–Kier alpha value is -2.87. The van der Waals surface area contributed by atoms with Crippen molar-refractivity contribution in [3.05, 3.63) is 89.0 Å². The fraction of sp³-hybridized carbons (Fsp3) is 0.174. The standard InChI is InChI=1S/C23H23N2/c1-17-13-18(2)23(19(3)14-17)24-15-20-9-7-8-12-22(20)25(16-24)21-10-5-4-6-11-21/h4-15H,16H2,1-3H3/q+1. The van der Waals surface area contributed by atoms with Crippen LogP contribution in [0.1, 0.15) is 22.3 Å². The summed E-state index contributed by atoms with van der Waals surface area (Å²) >= 11 is 0. The first-order chi connectivity index (χ1) is 12.1. The second-order valence-electron chi connectivity index (χ2n) is 6.81. The Labute approximate surface area is 149 Å². The van der Waals surface area contributed by atoms with Crippen LogP contribution in [0.2, 0.25) is 0 Å². The third kappa shape index (κ3) is 2.85. The summed E-state index contributed by atoms with van der Waals surface area (Å²) in [5.41, 5.74) is 8.99. The quantitative estimate of drug-likeness (QED) is 0.565. The first-order valence-electron chi connectivity index (χ1n) is 8.74. The highest BCUT2D eigenvalue weighted by Gasteiger charge is 2.27. The topological polar surface area (TPSA) is 6.25 Å². The van der Waals surface area contributed by atoms with E-state index < -0.39 is 0 Å². The van der Waals surface area contributed by atoms with Crippen LogP contribution in [0.25, 0.3) is 0 Å². The van der Waals surface area contributed by atoms with Gasteiger partial charge in [0, 0.05) is 16.8 Å². The number of anilines is 2. The van der Waals surface area contributed by atoms with Crippen molar-refractivity contribution in [3.63, 3.8) is 0 Å². The summed E-state index contributed by atoms with van der Waals surface area (Å²) in [6, 6.07) is 23.8. The zero-order valence-electron chi connectivity index (χ0n) is 15.0. The van der Waals surface area contributed by atoms with Crippen molar-refractivity contribution < 1.29 is 4.58 Å². The molecule has 3 aromatic rings. The van der Waals surface area contributed by atoms with Gasteiger partial charge in [0.25, 0.3) is 0 Å². The molecular formula is C23H23N2+. The molecule has 1 heterocycles. The summed E-state index contributed by atoms with van der Waals surface area (Å²) < 4.78 is 2.37. The smallest absolute Gasteiger partial charge is 0.228 e. The second kappa shape index (κ2) is 6.21. The lowest BCUT2D eigenvalue weighted by Gasteiger charge is -2.28. The summed E-state index contributed by atoms with van der Waals surface area (Å²) in [5.74, 6) is 0. The van der Waals surface area contributed by atoms with Crippen molar-refractivity contribution in [1.29, 1.82) is 0 Å². The van der Waals surface area contributed by atoms with Gasteiger partial charge in [0.15, 0.2) is 6.21 Å². The number of fused-ring (bicyclic) bond motifs is 1. The zero-order chi connectivity index (χ0) is 17.4. The Morgan fingerprint density at radius 3 is 2.16 bits per heavy atom. The molecule has 0 atom stereocenters. The largest absolute Gasteiger partial charge is 0.285 e. The van der Waals surface area contributed by atoms with Crippen molar-refractivity contribution in [3.8, 4) is 0 Å². The maximum absolute atomic E-state index is 2.38. The molecule has 2 heteroatoms. The van der Waals surface area contributed by atoms with Crippen LogP contribution in [-0.2, 0) is 0 Å². The summed E-state index contributed by atoms with van der Waals surface area (Å²) in [4.78, 5) is 2.38. The third-order valence-corrected chi connectivity index (χ3v) is 4.81. The summed E-state index contributed by atoms with van der Waals surface area (Å²) in [5, 5.41) is 0. The van der Waals surface area contributed by atoms with Crippen LogP contribution in [-0.4, -0.2) is 17.5 Å². The molecule has 1 aliphatic rings. The number of benzene rings is 3. The molecule has 3 aromatic carbocycles. The molecule has 0 aliphatic carbocycles. The fourth-order valence-electron chi connectivity index (χ4n) is 3.87. The van der Waals surface area contributed by atoms with Crippen LogP contribution in [0.3, 0.4) is 0 Å². The maximum Gasteiger partial charge on any atom is 0.228 e. The summed E-state index contributed by atoms with van der Waals surface area (Å²) in [6.07, 6.45) is 2.28. The Kier molecular flexibility index (Phi) is 3.89. The monoisotopic (exact) mass is 327 g/mol. The SMILES string of the molecule is Cc1cc(C)c([N+]2=Cc3ccccc3N(c3ccccc3)C2)c(C)c1. The van der Waals surface area contributed by atoms with Gasteiger partial charge in [-0.1, -0.05) is 35.9 Å². The van der Waals surface area contributed by atoms with E-state index in [1.165, 1.54) is 39.3 Å². The molecular weight excluding hydrogens is 304 g/mol. The molecule has 25 heavy (non-hydrogen) atoms. The molecule has 0 saturated carbocycles. The first kappa shape index (κ1) is 15.6. The van der Waals surface area contributed by atoms with E-state index in [0.29, 0.717) is 0 Å². The lowest BCUT2D eigenvalue weighted by atomic mass is 10.0. The van der Waals surface area contributed by atoms with Crippen LogP contribution in [0.4, 0.5) is 17.1 Å². The van der Waals surface area contributed by atoms with Gasteiger partial charge in [0.2, 0.25) is 12.4 Å². The van der Waals surface area contributed by atoms with Crippen LogP contribution in [0.5, 0.6) is 0 Å². The third-order valence-electron chi connectivity index (χ3n) is 4.81. The number of aryl methyl sites for hydroxylation is 3. The van der Waals surface area contributed by atoms with Crippen molar-refractivity contribution in [2.75, 3.05) is 11.6 Å². The van der Waals surface area contributed by atoms with E-state index in [-0.39, 0.29) is 0 Å². The maximum atomic E-state index is 2.38. The van der Waals surface area contributed by atoms with E-state index in [4.69, 9.17) is 0 Å². The molecule has 0 bridgehead atoms. The number of nitrogens with zero attached hydrogens (tertiary/aromatic N) is 2. The van der Waals surface area contributed by atoms with Gasteiger partial charge in [-0.3, -0.25) is 4.90 Å². The summed E-state index contributed by atoms with van der Waals surface area (Å²) in [7, 11) is 0. The molecule has 0 radical (unpaired) electrons. The van der Waals surface area contributed by atoms with Gasteiger partial charge in [0.05, 0.1) is 11.3 Å². The normalized spacial score (nSPS) is 13.4. The van der Waals surface area contributed by atoms with Gasteiger partial charge in [-0.05, 0) is 57.2 Å². The Morgan fingerprint density at radius 1 is 0.800 bits per heavy atom. The number of hydrogen-bond acceptors (Lipinski definition) is 1. The number of para-hydroxylation sites is 2. The molecule has 0 N–H and O–H groups in total. The Balaban J connectivity index is 1.88. The number of rotatable bonds is 2. The van der Waals surface area contributed by atoms with Gasteiger partial charge >= 0.3 is 0 Å². The van der Waals surface area contributed by atoms with E-state index in [9.17, 15) is 0 Å². The second-order valence-corrected chi connectivity index (χ2v) is 6.81. The van der Waals surface area contributed by atoms with Gasteiger partial charge in [-0.15, -0.1) is 0 Å². The van der Waals surface area contributed by atoms with Gasteiger partial charge in [-0.25, -0.2) is 0 Å². The van der Waals surface area contributed by atoms with Gasteiger partial charge in [0.1, 0.15) is 0 Å². The highest BCUT2D eigenvalue weighted by molar-refractivity contribution is 5.89. The number of hydrogen-bond donors (Lipinski definition) is 0. The van der Waals surface area contributed by atoms with Crippen molar-refractivity contribution >= 4 is 23.3 Å². The molecule has 0 spiro atoms. The van der Waals surface area contributed by atoms with Gasteiger partial charge in [-0.2, -0.15) is 4.58 Å². The van der Waals surface area contributed by atoms with E-state index in [1.807, 2.05) is 0 Å². The molecule has 0 unspecified atom stereocenters. The van der Waals surface area contributed by atoms with Crippen LogP contribution >= 0.6 is 0 Å². The molecule has 0 saturated heterocycles. The van der Waals surface area contributed by atoms with Crippen LogP contribution < -0.4 is 4.90 Å². The molecule has 0 amide bonds. The molecule has 1 aliphatic heterocycles. The Bertz CT molecular complexity index is 932. The molecule has 0 aromatic heterocycles. The van der Waals surface area contributed by atoms with E-state index in [1.54, 1.807) is 0 Å². The fourth-order valence-corrected chi connectivity index (χ4v) is 3.87. The van der Waals surface area contributed by atoms with Crippen LogP contribution in [0, 0.1) is 20.8 Å². The Morgan fingerprint density at radius 2 is 1.44 bits per heavy atom. The molecule has 4 rings (SSSR count). The lowest BCUT2D eigenvalue weighted by Crippen LogP contribution is -2.32. The average molecular weight is 327 g/mol. The average Bonchev–Trinajstić information content (AvgIpc) is 2.61. The molecule has 2 nitrogen and oxygen atoms in total. The van der Waals surface area contributed by atoms with Gasteiger partial charge < -0.3 is 0 Å². The van der Waals surface area contributed by atoms with E-state index in [2.05, 4.69) is 103 Å². The predicted octanol–water partition coefficient (Wildman–Crippen LogP) is 5.48. The van der Waals surface area contributed by atoms with Crippen LogP contribution in [0.15, 0.2) is 66.7 Å². The first-order valence-corrected chi connectivity index (χ1v) is 8.74. The highest BCUT2D eigenvalue weighted by Crippen LogP contribution is 2.33. The summed E-state index contributed by atoms with van der Waals surface area (Å²) in [6.45, 7) is 7.38. The minimum absolute atomic E-state index is 0.811. The predicted molar refractivity (Wildman–Crippen MR) is 106 cm³/mol. The van der Waals surface area contributed by atoms with E-state index >= 15 is 0 Å². The van der Waals surface area contributed by atoms with Crippen molar-refractivity contribution in [2.24, 2.45) is 0 Å². The zero-order valence-corrected chi connectivity index (χ0v) is 15.0. The minimum Gasteiger partial charge on any atom is -0.285 e. The van der Waals surface area contributed by atoms with Crippen molar-refractivity contribution in [2.45, 2.75) is 20.8 Å². The molecule has 0 fully saturated rings. The highest BCUT2D eigenvalue weighted by atomic mass is 15.3. The van der Waals surface area contributed by atoms with E-state index in [0.717, 1.165) is 6.67 Å². The minimum atomic E-state index is 0.811. The molecule has 124 valence electrons. The van der Waals surface area contributed by atoms with Crippen molar-refractivity contribution in [1.82, 2.24) is 0 Å².